The molecule has 0 radical (unpaired) electrons. The van der Waals surface area contributed by atoms with Crippen molar-refractivity contribution in [3.63, 3.8) is 0 Å². The molecule has 1 unspecified atom stereocenters. The molecule has 15 heavy (non-hydrogen) atoms. The minimum atomic E-state index is -0.209. The molecule has 0 aliphatic heterocycles. The van der Waals surface area contributed by atoms with Gasteiger partial charge in [-0.15, -0.1) is 10.2 Å². The first-order chi connectivity index (χ1) is 7.24. The van der Waals surface area contributed by atoms with Crippen LogP contribution in [0.2, 0.25) is 0 Å². The van der Waals surface area contributed by atoms with Crippen LogP contribution in [0.5, 0.6) is 0 Å². The van der Waals surface area contributed by atoms with Crippen LogP contribution >= 0.6 is 27.5 Å². The van der Waals surface area contributed by atoms with E-state index < -0.39 is 0 Å². The molecule has 0 fully saturated rings. The van der Waals surface area contributed by atoms with E-state index in [-0.39, 0.29) is 6.04 Å². The minimum absolute atomic E-state index is 0.209. The van der Waals surface area contributed by atoms with Crippen molar-refractivity contribution in [2.24, 2.45) is 12.9 Å². The fraction of sp³-hybridized carbons (Fsp3) is 0.333. The molecule has 0 amide bonds. The number of nitrogens with two attached hydrogens (primary N) is 1. The average Bonchev–Trinajstić information content (AvgIpc) is 2.83. The number of hydrogen-bond acceptors (Lipinski definition) is 7. The summed E-state index contributed by atoms with van der Waals surface area (Å²) in [6.45, 7) is 0. The summed E-state index contributed by atoms with van der Waals surface area (Å²) in [5.41, 5.74) is 3.52. The Balaban J connectivity index is 2.44. The zero-order valence-electron chi connectivity index (χ0n) is 7.75. The van der Waals surface area contributed by atoms with Crippen LogP contribution in [0, 0.1) is 0 Å². The van der Waals surface area contributed by atoms with Gasteiger partial charge in [-0.25, -0.2) is 10.1 Å². The molecule has 2 rings (SSSR count). The lowest BCUT2D eigenvalue weighted by atomic mass is 10.2. The second-order valence-corrected chi connectivity index (χ2v) is 4.38. The Bertz CT molecular complexity index is 419. The van der Waals surface area contributed by atoms with E-state index in [2.05, 4.69) is 41.3 Å². The molecule has 0 aromatic carbocycles. The molecule has 0 aliphatic carbocycles. The molecule has 1 atom stereocenters. The van der Waals surface area contributed by atoms with Gasteiger partial charge in [0.05, 0.1) is 16.8 Å². The first-order valence-corrected chi connectivity index (χ1v) is 5.59. The van der Waals surface area contributed by atoms with Gasteiger partial charge in [0.2, 0.25) is 0 Å². The van der Waals surface area contributed by atoms with Gasteiger partial charge in [-0.2, -0.15) is 0 Å². The molecule has 2 heterocycles. The van der Waals surface area contributed by atoms with Crippen molar-refractivity contribution in [2.45, 2.75) is 6.04 Å². The van der Waals surface area contributed by atoms with Gasteiger partial charge < -0.3 is 0 Å². The Hall–Kier alpha value is -0.900. The van der Waals surface area contributed by atoms with Gasteiger partial charge in [-0.05, 0) is 27.5 Å². The maximum atomic E-state index is 5.50. The van der Waals surface area contributed by atoms with E-state index in [1.54, 1.807) is 17.9 Å². The fourth-order valence-corrected chi connectivity index (χ4v) is 2.37. The van der Waals surface area contributed by atoms with Crippen LogP contribution in [-0.4, -0.2) is 24.6 Å². The second kappa shape index (κ2) is 4.31. The molecular weight excluding hydrogens is 282 g/mol. The molecule has 0 saturated heterocycles. The number of halogens is 1. The average molecular weight is 290 g/mol. The first-order valence-electron chi connectivity index (χ1n) is 4.02. The Morgan fingerprint density at radius 3 is 2.93 bits per heavy atom. The molecule has 9 heteroatoms. The highest BCUT2D eigenvalue weighted by Gasteiger charge is 2.22. The van der Waals surface area contributed by atoms with Crippen molar-refractivity contribution >= 4 is 27.5 Å². The molecule has 80 valence electrons. The lowest BCUT2D eigenvalue weighted by Crippen LogP contribution is -2.30. The largest absolute Gasteiger partial charge is 0.270 e. The third kappa shape index (κ3) is 1.91. The molecule has 0 aliphatic rings. The Kier molecular flexibility index (Phi) is 3.05. The minimum Gasteiger partial charge on any atom is -0.270 e. The molecule has 0 spiro atoms. The lowest BCUT2D eigenvalue weighted by Gasteiger charge is -2.12. The standard InChI is InChI=1S/C6H8BrN7S/c1-14-5(6(7)11-12-14)4(10-8)3-2-9-13-15-3/h2,4,10H,8H2,1H3. The molecule has 7 nitrogen and oxygen atoms in total. The van der Waals surface area contributed by atoms with Crippen molar-refractivity contribution in [3.8, 4) is 0 Å². The first kappa shape index (κ1) is 10.6. The van der Waals surface area contributed by atoms with Gasteiger partial charge >= 0.3 is 0 Å². The smallest absolute Gasteiger partial charge is 0.153 e. The summed E-state index contributed by atoms with van der Waals surface area (Å²) in [4.78, 5) is 0.906. The van der Waals surface area contributed by atoms with Gasteiger partial charge in [0.25, 0.3) is 0 Å². The Morgan fingerprint density at radius 1 is 1.67 bits per heavy atom. The fourth-order valence-electron chi connectivity index (χ4n) is 1.24. The number of nitrogens with one attached hydrogen (secondary N) is 1. The van der Waals surface area contributed by atoms with Gasteiger partial charge in [0.15, 0.2) is 4.60 Å². The van der Waals surface area contributed by atoms with Gasteiger partial charge in [0, 0.05) is 7.05 Å². The Labute approximate surface area is 97.9 Å². The zero-order chi connectivity index (χ0) is 10.8. The van der Waals surface area contributed by atoms with E-state index >= 15 is 0 Å². The highest BCUT2D eigenvalue weighted by atomic mass is 79.9. The van der Waals surface area contributed by atoms with Crippen molar-refractivity contribution in [2.75, 3.05) is 0 Å². The number of aromatic nitrogens is 5. The lowest BCUT2D eigenvalue weighted by molar-refractivity contribution is 0.575. The van der Waals surface area contributed by atoms with Crippen molar-refractivity contribution in [3.05, 3.63) is 21.4 Å². The molecule has 2 aromatic heterocycles. The van der Waals surface area contributed by atoms with E-state index in [1.165, 1.54) is 11.5 Å². The van der Waals surface area contributed by atoms with E-state index in [1.807, 2.05) is 0 Å². The van der Waals surface area contributed by atoms with E-state index in [4.69, 9.17) is 5.84 Å². The van der Waals surface area contributed by atoms with E-state index in [9.17, 15) is 0 Å². The van der Waals surface area contributed by atoms with Crippen LogP contribution in [-0.2, 0) is 7.05 Å². The zero-order valence-corrected chi connectivity index (χ0v) is 10.2. The number of aryl methyl sites for hydroxylation is 1. The third-order valence-corrected chi connectivity index (χ3v) is 3.22. The second-order valence-electron chi connectivity index (χ2n) is 2.81. The monoisotopic (exact) mass is 289 g/mol. The Morgan fingerprint density at radius 2 is 2.47 bits per heavy atom. The normalized spacial score (nSPS) is 13.0. The van der Waals surface area contributed by atoms with Crippen LogP contribution in [0.1, 0.15) is 16.6 Å². The summed E-state index contributed by atoms with van der Waals surface area (Å²) in [5.74, 6) is 5.50. The predicted octanol–water partition coefficient (Wildman–Crippen LogP) is -0.0182. The predicted molar refractivity (Wildman–Crippen MR) is 57.8 cm³/mol. The van der Waals surface area contributed by atoms with Crippen molar-refractivity contribution in [1.29, 1.82) is 0 Å². The summed E-state index contributed by atoms with van der Waals surface area (Å²) < 4.78 is 6.09. The highest BCUT2D eigenvalue weighted by Crippen LogP contribution is 2.26. The van der Waals surface area contributed by atoms with Gasteiger partial charge in [0.1, 0.15) is 6.04 Å². The summed E-state index contributed by atoms with van der Waals surface area (Å²) in [5, 5.41) is 11.5. The SMILES string of the molecule is Cn1nnc(Br)c1C(NN)c1cnns1. The topological polar surface area (TPSA) is 94.5 Å². The number of nitrogens with zero attached hydrogens (tertiary/aromatic N) is 5. The molecule has 0 saturated carbocycles. The van der Waals surface area contributed by atoms with E-state index in [0.717, 1.165) is 10.6 Å². The molecule has 2 aromatic rings. The maximum Gasteiger partial charge on any atom is 0.153 e. The van der Waals surface area contributed by atoms with Crippen LogP contribution in [0.15, 0.2) is 10.8 Å². The molecular formula is C6H8BrN7S. The number of hydrogen-bond donors (Lipinski definition) is 2. The molecule has 3 N–H and O–H groups in total. The molecule has 0 bridgehead atoms. The van der Waals surface area contributed by atoms with Gasteiger partial charge in [-0.1, -0.05) is 9.70 Å². The summed E-state index contributed by atoms with van der Waals surface area (Å²) in [7, 11) is 1.80. The summed E-state index contributed by atoms with van der Waals surface area (Å²) >= 11 is 4.60. The van der Waals surface area contributed by atoms with Crippen LogP contribution < -0.4 is 11.3 Å². The van der Waals surface area contributed by atoms with Crippen LogP contribution in [0.25, 0.3) is 0 Å². The van der Waals surface area contributed by atoms with Crippen molar-refractivity contribution < 1.29 is 0 Å². The quantitative estimate of drug-likeness (QED) is 0.609. The maximum absolute atomic E-state index is 5.50. The third-order valence-electron chi connectivity index (χ3n) is 1.93. The highest BCUT2D eigenvalue weighted by molar-refractivity contribution is 9.10. The summed E-state index contributed by atoms with van der Waals surface area (Å²) in [6.07, 6.45) is 1.66. The number of rotatable bonds is 3. The van der Waals surface area contributed by atoms with E-state index in [0.29, 0.717) is 4.60 Å². The summed E-state index contributed by atoms with van der Waals surface area (Å²) in [6, 6.07) is -0.209. The van der Waals surface area contributed by atoms with Crippen molar-refractivity contribution in [1.82, 2.24) is 30.0 Å². The van der Waals surface area contributed by atoms with Crippen LogP contribution in [0.3, 0.4) is 0 Å². The van der Waals surface area contributed by atoms with Crippen LogP contribution in [0.4, 0.5) is 0 Å². The number of hydrazine groups is 1. The van der Waals surface area contributed by atoms with Gasteiger partial charge in [-0.3, -0.25) is 5.84 Å².